The van der Waals surface area contributed by atoms with Crippen molar-refractivity contribution in [3.05, 3.63) is 28.4 Å². The lowest BCUT2D eigenvalue weighted by Gasteiger charge is -2.26. The molecule has 2 rings (SSSR count). The molecular weight excluding hydrogens is 248 g/mol. The van der Waals surface area contributed by atoms with Crippen LogP contribution in [0.2, 0.25) is 0 Å². The topological polar surface area (TPSA) is 88.4 Å². The van der Waals surface area contributed by atoms with Crippen LogP contribution in [0.3, 0.4) is 0 Å². The van der Waals surface area contributed by atoms with Crippen molar-refractivity contribution in [2.24, 2.45) is 0 Å². The summed E-state index contributed by atoms with van der Waals surface area (Å²) < 4.78 is 0. The zero-order valence-corrected chi connectivity index (χ0v) is 10.5. The SMILES string of the molecule is O=C(CNc1ccc([N+](=O)[O-])nc1)N1CCCCC1. The molecule has 1 aromatic rings. The van der Waals surface area contributed by atoms with E-state index < -0.39 is 4.92 Å². The summed E-state index contributed by atoms with van der Waals surface area (Å²) in [4.78, 5) is 27.3. The number of anilines is 1. The van der Waals surface area contributed by atoms with Gasteiger partial charge in [-0.2, -0.15) is 0 Å². The van der Waals surface area contributed by atoms with Gasteiger partial charge in [0.15, 0.2) is 6.20 Å². The highest BCUT2D eigenvalue weighted by Crippen LogP contribution is 2.12. The van der Waals surface area contributed by atoms with Gasteiger partial charge in [-0.15, -0.1) is 0 Å². The molecule has 0 spiro atoms. The Kier molecular flexibility index (Phi) is 4.27. The largest absolute Gasteiger partial charge is 0.373 e. The summed E-state index contributed by atoms with van der Waals surface area (Å²) in [5, 5.41) is 13.4. The Balaban J connectivity index is 1.84. The van der Waals surface area contributed by atoms with Crippen LogP contribution in [-0.4, -0.2) is 40.3 Å². The summed E-state index contributed by atoms with van der Waals surface area (Å²) >= 11 is 0. The minimum atomic E-state index is -0.553. The molecule has 1 N–H and O–H groups in total. The van der Waals surface area contributed by atoms with Gasteiger partial charge in [0, 0.05) is 19.2 Å². The molecule has 0 aromatic carbocycles. The molecule has 1 fully saturated rings. The first-order valence-electron chi connectivity index (χ1n) is 6.29. The fraction of sp³-hybridized carbons (Fsp3) is 0.500. The number of pyridine rings is 1. The first-order valence-corrected chi connectivity index (χ1v) is 6.29. The minimum Gasteiger partial charge on any atom is -0.373 e. The molecule has 7 heteroatoms. The molecule has 7 nitrogen and oxygen atoms in total. The molecule has 1 saturated heterocycles. The highest BCUT2D eigenvalue weighted by molar-refractivity contribution is 5.80. The molecule has 1 aliphatic heterocycles. The standard InChI is InChI=1S/C12H16N4O3/c17-12(15-6-2-1-3-7-15)9-13-10-4-5-11(14-8-10)16(18)19/h4-5,8,13H,1-3,6-7,9H2. The summed E-state index contributed by atoms with van der Waals surface area (Å²) in [6.07, 6.45) is 4.67. The van der Waals surface area contributed by atoms with E-state index in [4.69, 9.17) is 0 Å². The number of amides is 1. The Morgan fingerprint density at radius 3 is 2.68 bits per heavy atom. The highest BCUT2D eigenvalue weighted by Gasteiger charge is 2.16. The second-order valence-corrected chi connectivity index (χ2v) is 4.46. The second-order valence-electron chi connectivity index (χ2n) is 4.46. The Hall–Kier alpha value is -2.18. The Morgan fingerprint density at radius 1 is 1.37 bits per heavy atom. The summed E-state index contributed by atoms with van der Waals surface area (Å²) in [7, 11) is 0. The van der Waals surface area contributed by atoms with Gasteiger partial charge in [-0.25, -0.2) is 0 Å². The first-order chi connectivity index (χ1) is 9.16. The molecule has 0 atom stereocenters. The lowest BCUT2D eigenvalue weighted by Crippen LogP contribution is -2.39. The fourth-order valence-corrected chi connectivity index (χ4v) is 2.03. The molecule has 0 aliphatic carbocycles. The Labute approximate surface area is 110 Å². The molecule has 1 aromatic heterocycles. The average Bonchev–Trinajstić information content (AvgIpc) is 2.46. The van der Waals surface area contributed by atoms with Gasteiger partial charge in [0.2, 0.25) is 5.91 Å². The van der Waals surface area contributed by atoms with Crippen LogP contribution < -0.4 is 5.32 Å². The monoisotopic (exact) mass is 264 g/mol. The lowest BCUT2D eigenvalue weighted by atomic mass is 10.1. The van der Waals surface area contributed by atoms with Crippen molar-refractivity contribution < 1.29 is 9.72 Å². The van der Waals surface area contributed by atoms with Gasteiger partial charge in [-0.05, 0) is 35.2 Å². The summed E-state index contributed by atoms with van der Waals surface area (Å²) in [6, 6.07) is 2.86. The first kappa shape index (κ1) is 13.3. The van der Waals surface area contributed by atoms with E-state index in [-0.39, 0.29) is 18.3 Å². The van der Waals surface area contributed by atoms with Crippen molar-refractivity contribution >= 4 is 17.4 Å². The van der Waals surface area contributed by atoms with Crippen LogP contribution >= 0.6 is 0 Å². The second kappa shape index (κ2) is 6.12. The van der Waals surface area contributed by atoms with Gasteiger partial charge < -0.3 is 20.3 Å². The van der Waals surface area contributed by atoms with Crippen LogP contribution in [0, 0.1) is 10.1 Å². The molecule has 1 aliphatic rings. The van der Waals surface area contributed by atoms with Gasteiger partial charge in [0.05, 0.1) is 12.2 Å². The lowest BCUT2D eigenvalue weighted by molar-refractivity contribution is -0.389. The number of nitrogens with zero attached hydrogens (tertiary/aromatic N) is 3. The fourth-order valence-electron chi connectivity index (χ4n) is 2.03. The molecule has 0 unspecified atom stereocenters. The maximum atomic E-state index is 11.9. The van der Waals surface area contributed by atoms with Crippen molar-refractivity contribution in [2.75, 3.05) is 25.0 Å². The molecule has 0 saturated carbocycles. The minimum absolute atomic E-state index is 0.0538. The zero-order chi connectivity index (χ0) is 13.7. The summed E-state index contributed by atoms with van der Waals surface area (Å²) in [6.45, 7) is 1.83. The van der Waals surface area contributed by atoms with Crippen LogP contribution in [-0.2, 0) is 4.79 Å². The number of piperidine rings is 1. The summed E-state index contributed by atoms with van der Waals surface area (Å²) in [5.41, 5.74) is 0.607. The van der Waals surface area contributed by atoms with Gasteiger partial charge in [0.1, 0.15) is 0 Å². The molecule has 0 radical (unpaired) electrons. The van der Waals surface area contributed by atoms with Crippen LogP contribution in [0.4, 0.5) is 11.5 Å². The maximum absolute atomic E-state index is 11.9. The van der Waals surface area contributed by atoms with E-state index in [1.165, 1.54) is 18.7 Å². The number of rotatable bonds is 4. The van der Waals surface area contributed by atoms with Crippen molar-refractivity contribution in [1.29, 1.82) is 0 Å². The van der Waals surface area contributed by atoms with E-state index in [9.17, 15) is 14.9 Å². The summed E-state index contributed by atoms with van der Waals surface area (Å²) in [5.74, 6) is -0.147. The Bertz CT molecular complexity index is 455. The Morgan fingerprint density at radius 2 is 2.11 bits per heavy atom. The van der Waals surface area contributed by atoms with Crippen LogP contribution in [0.1, 0.15) is 19.3 Å². The molecule has 19 heavy (non-hydrogen) atoms. The molecule has 102 valence electrons. The average molecular weight is 264 g/mol. The zero-order valence-electron chi connectivity index (χ0n) is 10.5. The van der Waals surface area contributed by atoms with Crippen molar-refractivity contribution in [2.45, 2.75) is 19.3 Å². The van der Waals surface area contributed by atoms with Crippen molar-refractivity contribution in [3.63, 3.8) is 0 Å². The van der Waals surface area contributed by atoms with Crippen LogP contribution in [0.5, 0.6) is 0 Å². The van der Waals surface area contributed by atoms with E-state index in [1.807, 2.05) is 4.90 Å². The van der Waals surface area contributed by atoms with Gasteiger partial charge in [-0.1, -0.05) is 0 Å². The van der Waals surface area contributed by atoms with E-state index >= 15 is 0 Å². The number of carbonyl (C=O) groups excluding carboxylic acids is 1. The van der Waals surface area contributed by atoms with Crippen molar-refractivity contribution in [3.8, 4) is 0 Å². The van der Waals surface area contributed by atoms with Gasteiger partial charge in [-0.3, -0.25) is 4.79 Å². The predicted molar refractivity (Wildman–Crippen MR) is 69.8 cm³/mol. The molecule has 0 bridgehead atoms. The van der Waals surface area contributed by atoms with E-state index in [0.717, 1.165) is 25.9 Å². The predicted octanol–water partition coefficient (Wildman–Crippen LogP) is 1.41. The third-order valence-electron chi connectivity index (χ3n) is 3.09. The number of carbonyl (C=O) groups is 1. The molecule has 1 amide bonds. The number of likely N-dealkylation sites (tertiary alicyclic amines) is 1. The van der Waals surface area contributed by atoms with Gasteiger partial charge >= 0.3 is 5.82 Å². The number of hydrogen-bond acceptors (Lipinski definition) is 5. The quantitative estimate of drug-likeness (QED) is 0.656. The smallest absolute Gasteiger partial charge is 0.363 e. The molecular formula is C12H16N4O3. The van der Waals surface area contributed by atoms with E-state index in [2.05, 4.69) is 10.3 Å². The van der Waals surface area contributed by atoms with Crippen molar-refractivity contribution in [1.82, 2.24) is 9.88 Å². The molecule has 2 heterocycles. The highest BCUT2D eigenvalue weighted by atomic mass is 16.6. The maximum Gasteiger partial charge on any atom is 0.363 e. The van der Waals surface area contributed by atoms with E-state index in [1.54, 1.807) is 6.07 Å². The number of hydrogen-bond donors (Lipinski definition) is 1. The van der Waals surface area contributed by atoms with Gasteiger partial charge in [0.25, 0.3) is 0 Å². The van der Waals surface area contributed by atoms with E-state index in [0.29, 0.717) is 5.69 Å². The number of nitro groups is 1. The number of aromatic nitrogens is 1. The third-order valence-corrected chi connectivity index (χ3v) is 3.09. The van der Waals surface area contributed by atoms with Crippen LogP contribution in [0.25, 0.3) is 0 Å². The number of nitrogens with one attached hydrogen (secondary N) is 1. The third kappa shape index (κ3) is 3.64. The van der Waals surface area contributed by atoms with Crippen LogP contribution in [0.15, 0.2) is 18.3 Å². The normalized spacial score (nSPS) is 15.1.